The van der Waals surface area contributed by atoms with Crippen molar-refractivity contribution in [2.24, 2.45) is 46.3 Å². The standard InChI is InChI=1S/C32H45.C2HF3O2/c1-20-5-6-27(30(2,3)4)13-28(20)29(31-14-21-7-22(15-31)9-23(8-21)16-31)32-17-24-10-25(18-32)12-26(11-24)19-32;3-2(4,5)1(6)7/h5-6,13,21-26H,7-12,14-19H2,1-4H3;(H,6,7)/q+1;/p-1. The fraction of sp³-hybridized carbons (Fsp3) is 0.765. The van der Waals surface area contributed by atoms with Crippen molar-refractivity contribution in [3.8, 4) is 0 Å². The maximum absolute atomic E-state index is 10.5. The molecule has 8 fully saturated rings. The van der Waals surface area contributed by atoms with E-state index < -0.39 is 12.1 Å². The topological polar surface area (TPSA) is 40.1 Å². The van der Waals surface area contributed by atoms with Gasteiger partial charge in [-0.15, -0.1) is 0 Å². The van der Waals surface area contributed by atoms with Crippen molar-refractivity contribution in [2.75, 3.05) is 0 Å². The molecule has 0 saturated heterocycles. The largest absolute Gasteiger partial charge is 0.542 e. The highest BCUT2D eigenvalue weighted by Gasteiger charge is 2.66. The van der Waals surface area contributed by atoms with E-state index in [9.17, 15) is 13.2 Å². The highest BCUT2D eigenvalue weighted by atomic mass is 19.4. The molecule has 39 heavy (non-hydrogen) atoms. The van der Waals surface area contributed by atoms with E-state index in [2.05, 4.69) is 45.9 Å². The first-order valence-corrected chi connectivity index (χ1v) is 15.4. The average Bonchev–Trinajstić information content (AvgIpc) is 2.77. The Hall–Kier alpha value is -1.65. The van der Waals surface area contributed by atoms with E-state index in [1.54, 1.807) is 55.2 Å². The third-order valence-electron chi connectivity index (χ3n) is 11.7. The Bertz CT molecular complexity index is 996. The van der Waals surface area contributed by atoms with Crippen molar-refractivity contribution in [1.29, 1.82) is 0 Å². The number of aryl methyl sites for hydroxylation is 1. The van der Waals surface area contributed by atoms with Gasteiger partial charge in [-0.25, -0.2) is 0 Å². The van der Waals surface area contributed by atoms with Gasteiger partial charge in [-0.3, -0.25) is 0 Å². The summed E-state index contributed by atoms with van der Waals surface area (Å²) in [5.74, 6) is 5.27. The van der Waals surface area contributed by atoms with E-state index in [1.807, 2.05) is 5.92 Å². The van der Waals surface area contributed by atoms with Crippen molar-refractivity contribution in [2.45, 2.75) is 116 Å². The van der Waals surface area contributed by atoms with Crippen LogP contribution in [-0.4, -0.2) is 12.1 Å². The number of benzene rings is 1. The van der Waals surface area contributed by atoms with Crippen LogP contribution in [0.5, 0.6) is 0 Å². The predicted molar refractivity (Wildman–Crippen MR) is 144 cm³/mol. The van der Waals surface area contributed by atoms with Crippen LogP contribution in [0.25, 0.3) is 0 Å². The van der Waals surface area contributed by atoms with Crippen LogP contribution >= 0.6 is 0 Å². The lowest BCUT2D eigenvalue weighted by molar-refractivity contribution is -0.344. The van der Waals surface area contributed by atoms with E-state index in [1.165, 1.54) is 38.5 Å². The zero-order valence-corrected chi connectivity index (χ0v) is 24.1. The molecular formula is C34H45F3O2. The van der Waals surface area contributed by atoms with Crippen LogP contribution in [0.15, 0.2) is 18.2 Å². The molecule has 1 aromatic carbocycles. The molecule has 2 nitrogen and oxygen atoms in total. The second-order valence-corrected chi connectivity index (χ2v) is 15.8. The molecule has 0 aliphatic heterocycles. The molecule has 1 aromatic rings. The molecule has 0 heterocycles. The first-order valence-electron chi connectivity index (χ1n) is 15.4. The number of carbonyl (C=O) groups excluding carboxylic acids is 1. The van der Waals surface area contributed by atoms with Crippen molar-refractivity contribution >= 4 is 5.97 Å². The van der Waals surface area contributed by atoms with E-state index in [4.69, 9.17) is 9.90 Å². The van der Waals surface area contributed by atoms with Crippen LogP contribution in [0, 0.1) is 59.2 Å². The SMILES string of the molecule is Cc1ccc(C(C)(C)C)cc1[C+](C12CC3CC(CC(C3)C1)C2)C12CC3CC(CC(C3)C1)C2.O=C([O-])C(F)(F)F. The normalized spacial score (nSPS) is 39.9. The summed E-state index contributed by atoms with van der Waals surface area (Å²) in [4.78, 5) is 8.78. The van der Waals surface area contributed by atoms with Gasteiger partial charge in [0.05, 0.1) is 11.6 Å². The van der Waals surface area contributed by atoms with Gasteiger partial charge < -0.3 is 9.90 Å². The lowest BCUT2D eigenvalue weighted by Gasteiger charge is -2.64. The molecule has 214 valence electrons. The molecular weight excluding hydrogens is 497 g/mol. The molecule has 0 atom stereocenters. The number of rotatable bonds is 3. The number of hydrogen-bond donors (Lipinski definition) is 0. The first kappa shape index (κ1) is 27.5. The Kier molecular flexibility index (Phi) is 6.48. The third kappa shape index (κ3) is 4.92. The summed E-state index contributed by atoms with van der Waals surface area (Å²) in [6.45, 7) is 9.69. The summed E-state index contributed by atoms with van der Waals surface area (Å²) >= 11 is 0. The van der Waals surface area contributed by atoms with Gasteiger partial charge >= 0.3 is 6.18 Å². The Labute approximate surface area is 232 Å². The zero-order chi connectivity index (χ0) is 28.0. The van der Waals surface area contributed by atoms with Gasteiger partial charge in [0.2, 0.25) is 0 Å². The fourth-order valence-electron chi connectivity index (χ4n) is 11.3. The molecule has 0 spiro atoms. The molecule has 0 aromatic heterocycles. The summed E-state index contributed by atoms with van der Waals surface area (Å²) in [6, 6.07) is 7.65. The summed E-state index contributed by atoms with van der Waals surface area (Å²) in [7, 11) is 0. The van der Waals surface area contributed by atoms with Crippen LogP contribution < -0.4 is 5.11 Å². The minimum Gasteiger partial charge on any atom is -0.542 e. The minimum atomic E-state index is -5.19. The monoisotopic (exact) mass is 542 g/mol. The van der Waals surface area contributed by atoms with Gasteiger partial charge in [0.25, 0.3) is 0 Å². The summed E-state index contributed by atoms with van der Waals surface area (Å²) in [6.07, 6.45) is 13.4. The average molecular weight is 543 g/mol. The van der Waals surface area contributed by atoms with Gasteiger partial charge in [-0.05, 0) is 130 Å². The number of halogens is 3. The van der Waals surface area contributed by atoms with Gasteiger partial charge in [0, 0.05) is 29.2 Å². The number of hydrogen-bond acceptors (Lipinski definition) is 2. The Morgan fingerprint density at radius 1 is 0.769 bits per heavy atom. The van der Waals surface area contributed by atoms with Crippen LogP contribution in [0.4, 0.5) is 13.2 Å². The summed E-state index contributed by atoms with van der Waals surface area (Å²) < 4.78 is 31.5. The lowest BCUT2D eigenvalue weighted by atomic mass is 9.37. The first-order chi connectivity index (χ1) is 18.2. The number of aliphatic carboxylic acids is 1. The Balaban J connectivity index is 0.000000353. The van der Waals surface area contributed by atoms with Crippen LogP contribution in [0.3, 0.4) is 0 Å². The Morgan fingerprint density at radius 2 is 1.10 bits per heavy atom. The zero-order valence-electron chi connectivity index (χ0n) is 24.1. The summed E-state index contributed by atoms with van der Waals surface area (Å²) in [5, 5.41) is 8.78. The van der Waals surface area contributed by atoms with Crippen molar-refractivity contribution in [1.82, 2.24) is 0 Å². The van der Waals surface area contributed by atoms with Crippen LogP contribution in [0.1, 0.15) is 115 Å². The lowest BCUT2D eigenvalue weighted by Crippen LogP contribution is -2.57. The number of carboxylic acid groups (broad SMARTS) is 1. The van der Waals surface area contributed by atoms with Gasteiger partial charge in [-0.2, -0.15) is 13.2 Å². The predicted octanol–water partition coefficient (Wildman–Crippen LogP) is 7.95. The second kappa shape index (κ2) is 9.18. The maximum atomic E-state index is 10.5. The van der Waals surface area contributed by atoms with E-state index in [-0.39, 0.29) is 5.41 Å². The number of alkyl halides is 3. The highest BCUT2D eigenvalue weighted by molar-refractivity contribution is 5.70. The molecule has 8 aliphatic carbocycles. The summed E-state index contributed by atoms with van der Waals surface area (Å²) in [5.41, 5.74) is 6.20. The highest BCUT2D eigenvalue weighted by Crippen LogP contribution is 2.73. The van der Waals surface area contributed by atoms with Crippen LogP contribution in [0.2, 0.25) is 0 Å². The number of carboxylic acids is 1. The van der Waals surface area contributed by atoms with Gasteiger partial charge in [0.1, 0.15) is 11.5 Å². The van der Waals surface area contributed by atoms with Crippen LogP contribution in [-0.2, 0) is 10.2 Å². The van der Waals surface area contributed by atoms with Crippen molar-refractivity contribution in [3.05, 3.63) is 40.8 Å². The third-order valence-corrected chi connectivity index (χ3v) is 11.7. The molecule has 9 rings (SSSR count). The maximum Gasteiger partial charge on any atom is 0.430 e. The van der Waals surface area contributed by atoms with E-state index in [0.717, 1.165) is 35.5 Å². The molecule has 0 amide bonds. The molecule has 5 heteroatoms. The second-order valence-electron chi connectivity index (χ2n) is 15.8. The molecule has 8 aliphatic rings. The van der Waals surface area contributed by atoms with E-state index in [0.29, 0.717) is 10.8 Å². The molecule has 8 bridgehead atoms. The van der Waals surface area contributed by atoms with Gasteiger partial charge in [-0.1, -0.05) is 20.8 Å². The minimum absolute atomic E-state index is 0.233. The van der Waals surface area contributed by atoms with Crippen molar-refractivity contribution < 1.29 is 23.1 Å². The molecule has 0 N–H and O–H groups in total. The molecule has 8 saturated carbocycles. The smallest absolute Gasteiger partial charge is 0.430 e. The van der Waals surface area contributed by atoms with E-state index >= 15 is 0 Å². The number of carbonyl (C=O) groups is 1. The van der Waals surface area contributed by atoms with Crippen molar-refractivity contribution in [3.63, 3.8) is 0 Å². The molecule has 0 unspecified atom stereocenters. The molecule has 0 radical (unpaired) electrons. The Morgan fingerprint density at radius 3 is 1.38 bits per heavy atom. The quantitative estimate of drug-likeness (QED) is 0.364. The fourth-order valence-corrected chi connectivity index (χ4v) is 11.3. The van der Waals surface area contributed by atoms with Gasteiger partial charge in [0.15, 0.2) is 0 Å².